The fraction of sp³-hybridized carbons (Fsp3) is 0.625. The Kier molecular flexibility index (Phi) is 4.65. The summed E-state index contributed by atoms with van der Waals surface area (Å²) in [6.07, 6.45) is 7.10. The summed E-state index contributed by atoms with van der Waals surface area (Å²) in [5, 5.41) is 0. The highest BCUT2D eigenvalue weighted by atomic mass is 15.1. The predicted octanol–water partition coefficient (Wildman–Crippen LogP) is 3.59. The molecule has 1 fully saturated rings. The minimum atomic E-state index is 0.898. The fourth-order valence-electron chi connectivity index (χ4n) is 3.04. The number of rotatable bonds is 4. The van der Waals surface area contributed by atoms with Gasteiger partial charge in [0.25, 0.3) is 0 Å². The van der Waals surface area contributed by atoms with Crippen LogP contribution < -0.4 is 5.73 Å². The standard InChI is InChI=1S/C16H26N2/c1-13-8-9-16(17)15(10-13)12-18(2)11-14-6-4-3-5-7-14/h8-10,14H,3-7,11-12,17H2,1-2H3. The first-order valence-electron chi connectivity index (χ1n) is 7.18. The van der Waals surface area contributed by atoms with Crippen LogP contribution in [0.5, 0.6) is 0 Å². The molecule has 1 aliphatic rings. The maximum absolute atomic E-state index is 6.04. The van der Waals surface area contributed by atoms with Crippen molar-refractivity contribution in [3.05, 3.63) is 29.3 Å². The van der Waals surface area contributed by atoms with Gasteiger partial charge in [0.15, 0.2) is 0 Å². The zero-order chi connectivity index (χ0) is 13.0. The van der Waals surface area contributed by atoms with Gasteiger partial charge in [0.2, 0.25) is 0 Å². The van der Waals surface area contributed by atoms with Crippen LogP contribution in [-0.2, 0) is 6.54 Å². The van der Waals surface area contributed by atoms with Crippen molar-refractivity contribution in [2.24, 2.45) is 5.92 Å². The Morgan fingerprint density at radius 3 is 2.67 bits per heavy atom. The van der Waals surface area contributed by atoms with E-state index in [-0.39, 0.29) is 0 Å². The molecule has 100 valence electrons. The van der Waals surface area contributed by atoms with Gasteiger partial charge in [0.05, 0.1) is 0 Å². The SMILES string of the molecule is Cc1ccc(N)c(CN(C)CC2CCCCC2)c1. The predicted molar refractivity (Wildman–Crippen MR) is 78.5 cm³/mol. The molecule has 0 unspecified atom stereocenters. The molecule has 2 N–H and O–H groups in total. The number of anilines is 1. The largest absolute Gasteiger partial charge is 0.398 e. The quantitative estimate of drug-likeness (QED) is 0.823. The molecule has 2 rings (SSSR count). The van der Waals surface area contributed by atoms with Gasteiger partial charge in [-0.1, -0.05) is 37.0 Å². The molecular weight excluding hydrogens is 220 g/mol. The molecule has 0 spiro atoms. The van der Waals surface area contributed by atoms with Gasteiger partial charge >= 0.3 is 0 Å². The van der Waals surface area contributed by atoms with Crippen molar-refractivity contribution in [3.63, 3.8) is 0 Å². The van der Waals surface area contributed by atoms with Crippen LogP contribution in [0.1, 0.15) is 43.2 Å². The van der Waals surface area contributed by atoms with Crippen LogP contribution in [0, 0.1) is 12.8 Å². The molecule has 1 aromatic carbocycles. The first-order chi connectivity index (χ1) is 8.65. The van der Waals surface area contributed by atoms with Crippen molar-refractivity contribution >= 4 is 5.69 Å². The van der Waals surface area contributed by atoms with Crippen molar-refractivity contribution in [1.29, 1.82) is 0 Å². The number of nitrogens with two attached hydrogens (primary N) is 1. The third-order valence-corrected chi connectivity index (χ3v) is 4.03. The summed E-state index contributed by atoms with van der Waals surface area (Å²) in [7, 11) is 2.22. The summed E-state index contributed by atoms with van der Waals surface area (Å²) in [6.45, 7) is 4.32. The molecule has 18 heavy (non-hydrogen) atoms. The molecule has 2 nitrogen and oxygen atoms in total. The first-order valence-corrected chi connectivity index (χ1v) is 7.18. The van der Waals surface area contributed by atoms with Gasteiger partial charge in [-0.3, -0.25) is 0 Å². The number of hydrogen-bond acceptors (Lipinski definition) is 2. The summed E-state index contributed by atoms with van der Waals surface area (Å²) in [4.78, 5) is 2.43. The van der Waals surface area contributed by atoms with Crippen LogP contribution >= 0.6 is 0 Å². The zero-order valence-electron chi connectivity index (χ0n) is 11.8. The Morgan fingerprint density at radius 1 is 1.22 bits per heavy atom. The normalized spacial score (nSPS) is 17.3. The van der Waals surface area contributed by atoms with E-state index in [9.17, 15) is 0 Å². The molecule has 0 radical (unpaired) electrons. The molecule has 2 heteroatoms. The lowest BCUT2D eigenvalue weighted by Gasteiger charge is -2.27. The molecular formula is C16H26N2. The van der Waals surface area contributed by atoms with E-state index in [1.165, 1.54) is 49.8 Å². The lowest BCUT2D eigenvalue weighted by molar-refractivity contribution is 0.228. The van der Waals surface area contributed by atoms with E-state index in [0.29, 0.717) is 0 Å². The van der Waals surface area contributed by atoms with Crippen LogP contribution in [0.4, 0.5) is 5.69 Å². The third-order valence-electron chi connectivity index (χ3n) is 4.03. The smallest absolute Gasteiger partial charge is 0.0359 e. The van der Waals surface area contributed by atoms with Gasteiger partial charge in [0, 0.05) is 18.8 Å². The van der Waals surface area contributed by atoms with E-state index in [1.54, 1.807) is 0 Å². The van der Waals surface area contributed by atoms with E-state index in [1.807, 2.05) is 6.07 Å². The summed E-state index contributed by atoms with van der Waals surface area (Å²) < 4.78 is 0. The zero-order valence-corrected chi connectivity index (χ0v) is 11.8. The first kappa shape index (κ1) is 13.4. The minimum absolute atomic E-state index is 0.898. The van der Waals surface area contributed by atoms with Crippen LogP contribution in [0.3, 0.4) is 0 Å². The van der Waals surface area contributed by atoms with Gasteiger partial charge in [-0.15, -0.1) is 0 Å². The summed E-state index contributed by atoms with van der Waals surface area (Å²) >= 11 is 0. The second-order valence-corrected chi connectivity index (χ2v) is 5.90. The highest BCUT2D eigenvalue weighted by molar-refractivity contribution is 5.48. The Hall–Kier alpha value is -1.02. The fourth-order valence-corrected chi connectivity index (χ4v) is 3.04. The summed E-state index contributed by atoms with van der Waals surface area (Å²) in [5.74, 6) is 0.898. The lowest BCUT2D eigenvalue weighted by atomic mass is 9.89. The van der Waals surface area contributed by atoms with Crippen molar-refractivity contribution in [2.45, 2.75) is 45.6 Å². The summed E-state index contributed by atoms with van der Waals surface area (Å²) in [5.41, 5.74) is 9.54. The topological polar surface area (TPSA) is 29.3 Å². The van der Waals surface area contributed by atoms with Crippen molar-refractivity contribution in [1.82, 2.24) is 4.90 Å². The van der Waals surface area contributed by atoms with Crippen molar-refractivity contribution in [3.8, 4) is 0 Å². The van der Waals surface area contributed by atoms with Gasteiger partial charge < -0.3 is 10.6 Å². The monoisotopic (exact) mass is 246 g/mol. The van der Waals surface area contributed by atoms with Gasteiger partial charge in [-0.05, 0) is 44.4 Å². The van der Waals surface area contributed by atoms with Gasteiger partial charge in [-0.2, -0.15) is 0 Å². The van der Waals surface area contributed by atoms with Crippen LogP contribution in [0.15, 0.2) is 18.2 Å². The van der Waals surface area contributed by atoms with Gasteiger partial charge in [0.1, 0.15) is 0 Å². The van der Waals surface area contributed by atoms with Crippen LogP contribution in [-0.4, -0.2) is 18.5 Å². The Labute approximate surface area is 111 Å². The Balaban J connectivity index is 1.89. The third kappa shape index (κ3) is 3.74. The lowest BCUT2D eigenvalue weighted by Crippen LogP contribution is -2.27. The number of nitrogens with zero attached hydrogens (tertiary/aromatic N) is 1. The number of hydrogen-bond donors (Lipinski definition) is 1. The molecule has 1 saturated carbocycles. The molecule has 0 bridgehead atoms. The highest BCUT2D eigenvalue weighted by Gasteiger charge is 2.15. The number of nitrogen functional groups attached to an aromatic ring is 1. The molecule has 0 amide bonds. The van der Waals surface area contributed by atoms with Crippen LogP contribution in [0.2, 0.25) is 0 Å². The van der Waals surface area contributed by atoms with E-state index in [0.717, 1.165) is 18.2 Å². The maximum Gasteiger partial charge on any atom is 0.0359 e. The Morgan fingerprint density at radius 2 is 1.94 bits per heavy atom. The maximum atomic E-state index is 6.04. The second-order valence-electron chi connectivity index (χ2n) is 5.90. The van der Waals surface area contributed by atoms with E-state index >= 15 is 0 Å². The van der Waals surface area contributed by atoms with E-state index in [4.69, 9.17) is 5.73 Å². The average molecular weight is 246 g/mol. The molecule has 0 aliphatic heterocycles. The molecule has 0 heterocycles. The molecule has 1 aromatic rings. The average Bonchev–Trinajstić information content (AvgIpc) is 2.35. The van der Waals surface area contributed by atoms with Crippen LogP contribution in [0.25, 0.3) is 0 Å². The highest BCUT2D eigenvalue weighted by Crippen LogP contribution is 2.25. The number of benzene rings is 1. The molecule has 1 aliphatic carbocycles. The van der Waals surface area contributed by atoms with E-state index < -0.39 is 0 Å². The minimum Gasteiger partial charge on any atom is -0.398 e. The van der Waals surface area contributed by atoms with Crippen molar-refractivity contribution in [2.75, 3.05) is 19.3 Å². The Bertz CT molecular complexity index is 381. The molecule has 0 saturated heterocycles. The molecule has 0 aromatic heterocycles. The van der Waals surface area contributed by atoms with Crippen molar-refractivity contribution < 1.29 is 0 Å². The summed E-state index contributed by atoms with van der Waals surface area (Å²) in [6, 6.07) is 6.33. The van der Waals surface area contributed by atoms with E-state index in [2.05, 4.69) is 31.0 Å². The number of aryl methyl sites for hydroxylation is 1. The van der Waals surface area contributed by atoms with Gasteiger partial charge in [-0.25, -0.2) is 0 Å². The second kappa shape index (κ2) is 6.24. The molecule has 0 atom stereocenters.